The first-order valence-electron chi connectivity index (χ1n) is 3.64. The lowest BCUT2D eigenvalue weighted by Crippen LogP contribution is -1.97. The molecule has 0 aromatic heterocycles. The molecule has 0 saturated heterocycles. The predicted molar refractivity (Wildman–Crippen MR) is 47.2 cm³/mol. The summed E-state index contributed by atoms with van der Waals surface area (Å²) in [5.74, 6) is 0.373. The van der Waals surface area contributed by atoms with Crippen LogP contribution in [0.15, 0.2) is 11.8 Å². The number of allylic oxidation sites excluding steroid dienone is 1. The van der Waals surface area contributed by atoms with E-state index in [1.165, 1.54) is 12.4 Å². The summed E-state index contributed by atoms with van der Waals surface area (Å²) in [5, 5.41) is 6.82. The Morgan fingerprint density at radius 1 is 1.40 bits per heavy atom. The molecule has 2 heteroatoms. The summed E-state index contributed by atoms with van der Waals surface area (Å²) in [6.07, 6.45) is 2.75. The van der Waals surface area contributed by atoms with E-state index < -0.39 is 0 Å². The van der Waals surface area contributed by atoms with Gasteiger partial charge in [0.1, 0.15) is 0 Å². The standard InChI is InChI=1S/C6H12N2.C2H6/c1-5(2)6(3-7)4-8;1-2/h3-5,7H,8H2,1-2H3;1-2H3/b6-4+,7-3?;. The van der Waals surface area contributed by atoms with Crippen LogP contribution in [0.3, 0.4) is 0 Å². The maximum absolute atomic E-state index is 6.82. The molecule has 0 unspecified atom stereocenters. The van der Waals surface area contributed by atoms with E-state index in [2.05, 4.69) is 0 Å². The molecule has 3 N–H and O–H groups in total. The van der Waals surface area contributed by atoms with Crippen molar-refractivity contribution in [1.82, 2.24) is 0 Å². The van der Waals surface area contributed by atoms with Crippen molar-refractivity contribution in [2.24, 2.45) is 11.7 Å². The summed E-state index contributed by atoms with van der Waals surface area (Å²) >= 11 is 0. The van der Waals surface area contributed by atoms with E-state index in [1.54, 1.807) is 0 Å². The second-order valence-corrected chi connectivity index (χ2v) is 1.97. The summed E-state index contributed by atoms with van der Waals surface area (Å²) in [6, 6.07) is 0. The maximum atomic E-state index is 6.82. The minimum Gasteiger partial charge on any atom is -0.404 e. The molecule has 0 saturated carbocycles. The van der Waals surface area contributed by atoms with Gasteiger partial charge in [-0.05, 0) is 17.7 Å². The van der Waals surface area contributed by atoms with Crippen molar-refractivity contribution in [2.45, 2.75) is 27.7 Å². The first kappa shape index (κ1) is 11.9. The molecule has 0 radical (unpaired) electrons. The Balaban J connectivity index is 0. The molecule has 0 aromatic carbocycles. The minimum atomic E-state index is 0.373. The van der Waals surface area contributed by atoms with Gasteiger partial charge in [-0.15, -0.1) is 0 Å². The molecule has 0 aliphatic heterocycles. The molecular formula is C8H18N2. The molecule has 0 rings (SSSR count). The Morgan fingerprint density at radius 3 is 1.80 bits per heavy atom. The Hall–Kier alpha value is -0.790. The summed E-state index contributed by atoms with van der Waals surface area (Å²) in [4.78, 5) is 0. The Labute approximate surface area is 63.6 Å². The smallest absolute Gasteiger partial charge is 0.0226 e. The van der Waals surface area contributed by atoms with Crippen LogP contribution in [0.25, 0.3) is 0 Å². The highest BCUT2D eigenvalue weighted by molar-refractivity contribution is 5.75. The van der Waals surface area contributed by atoms with Gasteiger partial charge >= 0.3 is 0 Å². The zero-order chi connectivity index (χ0) is 8.57. The van der Waals surface area contributed by atoms with Crippen molar-refractivity contribution in [3.05, 3.63) is 11.8 Å². The van der Waals surface area contributed by atoms with E-state index in [0.29, 0.717) is 5.92 Å². The molecule has 0 spiro atoms. The van der Waals surface area contributed by atoms with E-state index in [4.69, 9.17) is 11.1 Å². The van der Waals surface area contributed by atoms with Gasteiger partial charge in [0.15, 0.2) is 0 Å². The molecule has 0 atom stereocenters. The zero-order valence-electron chi connectivity index (χ0n) is 7.31. The van der Waals surface area contributed by atoms with Gasteiger partial charge in [-0.3, -0.25) is 0 Å². The van der Waals surface area contributed by atoms with E-state index >= 15 is 0 Å². The highest BCUT2D eigenvalue weighted by atomic mass is 14.5. The van der Waals surface area contributed by atoms with Gasteiger partial charge in [0.2, 0.25) is 0 Å². The van der Waals surface area contributed by atoms with Crippen molar-refractivity contribution in [3.63, 3.8) is 0 Å². The Morgan fingerprint density at radius 2 is 1.80 bits per heavy atom. The highest BCUT2D eigenvalue weighted by Gasteiger charge is 1.95. The predicted octanol–water partition coefficient (Wildman–Crippen LogP) is 2.16. The summed E-state index contributed by atoms with van der Waals surface area (Å²) < 4.78 is 0. The van der Waals surface area contributed by atoms with Crippen LogP contribution in [0.5, 0.6) is 0 Å². The van der Waals surface area contributed by atoms with Crippen LogP contribution in [-0.2, 0) is 0 Å². The quantitative estimate of drug-likeness (QED) is 0.570. The third kappa shape index (κ3) is 5.35. The van der Waals surface area contributed by atoms with Gasteiger partial charge in [0.05, 0.1) is 0 Å². The van der Waals surface area contributed by atoms with E-state index in [9.17, 15) is 0 Å². The second kappa shape index (κ2) is 8.21. The van der Waals surface area contributed by atoms with Gasteiger partial charge in [-0.2, -0.15) is 0 Å². The van der Waals surface area contributed by atoms with Gasteiger partial charge in [0.25, 0.3) is 0 Å². The van der Waals surface area contributed by atoms with Crippen LogP contribution < -0.4 is 5.73 Å². The van der Waals surface area contributed by atoms with Gasteiger partial charge < -0.3 is 11.1 Å². The molecule has 0 aliphatic carbocycles. The zero-order valence-corrected chi connectivity index (χ0v) is 7.31. The molecule has 0 amide bonds. The largest absolute Gasteiger partial charge is 0.404 e. The first-order chi connectivity index (χ1) is 4.72. The highest BCUT2D eigenvalue weighted by Crippen LogP contribution is 2.02. The van der Waals surface area contributed by atoms with Crippen LogP contribution in [0, 0.1) is 11.3 Å². The average Bonchev–Trinajstić information content (AvgIpc) is 1.94. The lowest BCUT2D eigenvalue weighted by atomic mass is 10.1. The molecule has 0 bridgehead atoms. The number of nitrogens with two attached hydrogens (primary N) is 1. The number of rotatable bonds is 2. The van der Waals surface area contributed by atoms with Crippen LogP contribution in [0.1, 0.15) is 27.7 Å². The molecule has 0 heterocycles. The minimum absolute atomic E-state index is 0.373. The number of hydrogen-bond acceptors (Lipinski definition) is 2. The third-order valence-electron chi connectivity index (χ3n) is 1.03. The lowest BCUT2D eigenvalue weighted by Gasteiger charge is -2.00. The monoisotopic (exact) mass is 142 g/mol. The van der Waals surface area contributed by atoms with E-state index in [0.717, 1.165) is 5.57 Å². The second-order valence-electron chi connectivity index (χ2n) is 1.97. The third-order valence-corrected chi connectivity index (χ3v) is 1.03. The van der Waals surface area contributed by atoms with Gasteiger partial charge in [-0.25, -0.2) is 0 Å². The topological polar surface area (TPSA) is 49.9 Å². The summed E-state index contributed by atoms with van der Waals surface area (Å²) in [5.41, 5.74) is 6.05. The molecule has 60 valence electrons. The van der Waals surface area contributed by atoms with Crippen molar-refractivity contribution >= 4 is 6.21 Å². The van der Waals surface area contributed by atoms with Gasteiger partial charge in [-0.1, -0.05) is 27.7 Å². The van der Waals surface area contributed by atoms with Crippen molar-refractivity contribution in [3.8, 4) is 0 Å². The SMILES string of the molecule is CC.CC(C)/C(C=N)=C/N. The Kier molecular flexibility index (Phi) is 9.80. The first-order valence-corrected chi connectivity index (χ1v) is 3.64. The number of hydrogen-bond donors (Lipinski definition) is 2. The average molecular weight is 142 g/mol. The molecule has 0 aromatic rings. The maximum Gasteiger partial charge on any atom is 0.0226 e. The molecule has 0 aliphatic rings. The molecular weight excluding hydrogens is 124 g/mol. The van der Waals surface area contributed by atoms with Crippen molar-refractivity contribution in [2.75, 3.05) is 0 Å². The fourth-order valence-corrected chi connectivity index (χ4v) is 0.407. The van der Waals surface area contributed by atoms with E-state index in [1.807, 2.05) is 27.7 Å². The Bertz CT molecular complexity index is 104. The lowest BCUT2D eigenvalue weighted by molar-refractivity contribution is 0.803. The van der Waals surface area contributed by atoms with Crippen molar-refractivity contribution in [1.29, 1.82) is 5.41 Å². The fourth-order valence-electron chi connectivity index (χ4n) is 0.407. The van der Waals surface area contributed by atoms with Crippen molar-refractivity contribution < 1.29 is 0 Å². The normalized spacial score (nSPS) is 10.3. The van der Waals surface area contributed by atoms with Crippen LogP contribution in [0.4, 0.5) is 0 Å². The fraction of sp³-hybridized carbons (Fsp3) is 0.625. The van der Waals surface area contributed by atoms with Crippen LogP contribution >= 0.6 is 0 Å². The van der Waals surface area contributed by atoms with Crippen LogP contribution in [0.2, 0.25) is 0 Å². The van der Waals surface area contributed by atoms with E-state index in [-0.39, 0.29) is 0 Å². The summed E-state index contributed by atoms with van der Waals surface area (Å²) in [7, 11) is 0. The molecule has 10 heavy (non-hydrogen) atoms. The van der Waals surface area contributed by atoms with Gasteiger partial charge in [0, 0.05) is 6.21 Å². The summed E-state index contributed by atoms with van der Waals surface area (Å²) in [6.45, 7) is 8.01. The molecule has 0 fully saturated rings. The number of nitrogens with one attached hydrogen (secondary N) is 1. The molecule has 2 nitrogen and oxygen atoms in total. The van der Waals surface area contributed by atoms with Crippen LogP contribution in [-0.4, -0.2) is 6.21 Å².